The van der Waals surface area contributed by atoms with Gasteiger partial charge in [-0.1, -0.05) is 0 Å². The molecule has 0 bridgehead atoms. The number of nitrogens with zero attached hydrogens (tertiary/aromatic N) is 1. The van der Waals surface area contributed by atoms with Crippen LogP contribution in [0.25, 0.3) is 0 Å². The van der Waals surface area contributed by atoms with Gasteiger partial charge in [0.2, 0.25) is 0 Å². The van der Waals surface area contributed by atoms with E-state index in [1.807, 2.05) is 0 Å². The Bertz CT molecular complexity index is 755. The molecule has 1 fully saturated rings. The van der Waals surface area contributed by atoms with Crippen LogP contribution >= 0.6 is 0 Å². The molecule has 1 aliphatic heterocycles. The minimum Gasteiger partial charge on any atom is -0.463 e. The van der Waals surface area contributed by atoms with Crippen LogP contribution in [0.5, 0.6) is 0 Å². The average Bonchev–Trinajstić information content (AvgIpc) is 2.65. The fourth-order valence-electron chi connectivity index (χ4n) is 2.80. The topological polar surface area (TPSA) is 150 Å². The Hall–Kier alpha value is -3.05. The molecule has 0 radical (unpaired) electrons. The van der Waals surface area contributed by atoms with Gasteiger partial charge in [-0.25, -0.2) is 0 Å². The Kier molecular flexibility index (Phi) is 7.62. The molecule has 11 nitrogen and oxygen atoms in total. The van der Waals surface area contributed by atoms with E-state index in [1.165, 1.54) is 25.4 Å². The second kappa shape index (κ2) is 9.94. The van der Waals surface area contributed by atoms with Gasteiger partial charge in [-0.05, 0) is 12.1 Å². The maximum absolute atomic E-state index is 12.5. The molecule has 1 aromatic heterocycles. The largest absolute Gasteiger partial charge is 0.463 e. The molecule has 2 heterocycles. The minimum atomic E-state index is -1.65. The zero-order chi connectivity index (χ0) is 21.6. The highest BCUT2D eigenvalue weighted by Crippen LogP contribution is 2.26. The highest BCUT2D eigenvalue weighted by atomic mass is 16.7. The SMILES string of the molecule is CC(=O)OC[C@@H]1O[C@H](O)[C@H](NC(=O)c2cccnc2)[C@@H](OC(C)=O)[C@@H]1OC(C)=O. The van der Waals surface area contributed by atoms with Crippen LogP contribution in [0.1, 0.15) is 31.1 Å². The number of amides is 1. The molecule has 11 heteroatoms. The van der Waals surface area contributed by atoms with Crippen molar-refractivity contribution in [3.63, 3.8) is 0 Å². The Labute approximate surface area is 166 Å². The minimum absolute atomic E-state index is 0.187. The van der Waals surface area contributed by atoms with Crippen molar-refractivity contribution >= 4 is 23.8 Å². The van der Waals surface area contributed by atoms with Gasteiger partial charge in [0.15, 0.2) is 18.5 Å². The van der Waals surface area contributed by atoms with Crippen molar-refractivity contribution in [3.05, 3.63) is 30.1 Å². The van der Waals surface area contributed by atoms with Crippen LogP contribution in [0.2, 0.25) is 0 Å². The van der Waals surface area contributed by atoms with E-state index >= 15 is 0 Å². The standard InChI is InChI=1S/C18H22N2O9/c1-9(21)26-8-13-15(27-10(2)22)16(28-11(3)23)14(18(25)29-13)20-17(24)12-5-4-6-19-7-12/h4-7,13-16,18,25H,8H2,1-3H3,(H,20,24)/t13-,14+,15+,16+,18-/m0/s1. The summed E-state index contributed by atoms with van der Waals surface area (Å²) in [6.45, 7) is 3.04. The van der Waals surface area contributed by atoms with Crippen molar-refractivity contribution in [2.45, 2.75) is 51.4 Å². The molecule has 0 unspecified atom stereocenters. The van der Waals surface area contributed by atoms with Crippen LogP contribution < -0.4 is 5.32 Å². The summed E-state index contributed by atoms with van der Waals surface area (Å²) in [5.41, 5.74) is 0.187. The summed E-state index contributed by atoms with van der Waals surface area (Å²) in [6.07, 6.45) is -2.55. The van der Waals surface area contributed by atoms with Crippen LogP contribution in [-0.4, -0.2) is 71.2 Å². The molecule has 5 atom stereocenters. The van der Waals surface area contributed by atoms with Crippen molar-refractivity contribution in [1.29, 1.82) is 0 Å². The normalized spacial score (nSPS) is 26.1. The van der Waals surface area contributed by atoms with Crippen molar-refractivity contribution in [1.82, 2.24) is 10.3 Å². The van der Waals surface area contributed by atoms with E-state index in [4.69, 9.17) is 18.9 Å². The van der Waals surface area contributed by atoms with Gasteiger partial charge in [-0.15, -0.1) is 0 Å². The number of aliphatic hydroxyl groups is 1. The lowest BCUT2D eigenvalue weighted by Gasteiger charge is -2.43. The zero-order valence-electron chi connectivity index (χ0n) is 16.1. The maximum atomic E-state index is 12.5. The average molecular weight is 410 g/mol. The van der Waals surface area contributed by atoms with Crippen LogP contribution in [0.4, 0.5) is 0 Å². The van der Waals surface area contributed by atoms with E-state index in [2.05, 4.69) is 10.3 Å². The highest BCUT2D eigenvalue weighted by Gasteiger charge is 2.50. The molecule has 2 rings (SSSR count). The molecular weight excluding hydrogens is 388 g/mol. The van der Waals surface area contributed by atoms with Crippen molar-refractivity contribution in [2.24, 2.45) is 0 Å². The number of ether oxygens (including phenoxy) is 4. The quantitative estimate of drug-likeness (QED) is 0.456. The van der Waals surface area contributed by atoms with E-state index < -0.39 is 54.5 Å². The summed E-state index contributed by atoms with van der Waals surface area (Å²) in [5.74, 6) is -2.71. The molecule has 158 valence electrons. The molecule has 1 saturated heterocycles. The summed E-state index contributed by atoms with van der Waals surface area (Å²) in [4.78, 5) is 50.6. The predicted octanol–water partition coefficient (Wildman–Crippen LogP) is -0.676. The number of carbonyl (C=O) groups excluding carboxylic acids is 4. The predicted molar refractivity (Wildman–Crippen MR) is 94.1 cm³/mol. The zero-order valence-corrected chi connectivity index (χ0v) is 16.1. The monoisotopic (exact) mass is 410 g/mol. The summed E-state index contributed by atoms with van der Waals surface area (Å²) in [6, 6.07) is 1.76. The molecule has 0 saturated carbocycles. The van der Waals surface area contributed by atoms with Gasteiger partial charge >= 0.3 is 17.9 Å². The Morgan fingerprint density at radius 2 is 1.76 bits per heavy atom. The Balaban J connectivity index is 2.30. The van der Waals surface area contributed by atoms with E-state index in [-0.39, 0.29) is 12.2 Å². The van der Waals surface area contributed by atoms with E-state index in [0.29, 0.717) is 0 Å². The van der Waals surface area contributed by atoms with Crippen molar-refractivity contribution < 1.29 is 43.2 Å². The number of pyridine rings is 1. The van der Waals surface area contributed by atoms with E-state index in [9.17, 15) is 24.3 Å². The number of carbonyl (C=O) groups is 4. The van der Waals surface area contributed by atoms with Crippen LogP contribution in [0, 0.1) is 0 Å². The van der Waals surface area contributed by atoms with Crippen LogP contribution in [0.3, 0.4) is 0 Å². The van der Waals surface area contributed by atoms with Crippen LogP contribution in [0.15, 0.2) is 24.5 Å². The lowest BCUT2D eigenvalue weighted by Crippen LogP contribution is -2.66. The smallest absolute Gasteiger partial charge is 0.303 e. The number of rotatable bonds is 6. The van der Waals surface area contributed by atoms with Gasteiger partial charge in [0.25, 0.3) is 5.91 Å². The second-order valence-corrected chi connectivity index (χ2v) is 6.26. The molecule has 29 heavy (non-hydrogen) atoms. The third-order valence-electron chi connectivity index (χ3n) is 3.94. The third-order valence-corrected chi connectivity index (χ3v) is 3.94. The maximum Gasteiger partial charge on any atom is 0.303 e. The molecule has 0 aliphatic carbocycles. The molecule has 1 amide bonds. The number of aliphatic hydroxyl groups excluding tert-OH is 1. The lowest BCUT2D eigenvalue weighted by molar-refractivity contribution is -0.263. The van der Waals surface area contributed by atoms with Gasteiger partial charge in [-0.3, -0.25) is 24.2 Å². The summed E-state index contributed by atoms with van der Waals surface area (Å²) < 4.78 is 20.7. The summed E-state index contributed by atoms with van der Waals surface area (Å²) in [7, 11) is 0. The van der Waals surface area contributed by atoms with Crippen molar-refractivity contribution in [3.8, 4) is 0 Å². The lowest BCUT2D eigenvalue weighted by atomic mass is 9.96. The molecule has 2 N–H and O–H groups in total. The van der Waals surface area contributed by atoms with Gasteiger partial charge in [-0.2, -0.15) is 0 Å². The number of esters is 3. The number of hydrogen-bond acceptors (Lipinski definition) is 10. The first-order valence-electron chi connectivity index (χ1n) is 8.71. The van der Waals surface area contributed by atoms with Crippen molar-refractivity contribution in [2.75, 3.05) is 6.61 Å². The molecule has 0 aromatic carbocycles. The van der Waals surface area contributed by atoms with E-state index in [1.54, 1.807) is 6.07 Å². The number of hydrogen-bond donors (Lipinski definition) is 2. The van der Waals surface area contributed by atoms with Gasteiger partial charge in [0.1, 0.15) is 18.8 Å². The van der Waals surface area contributed by atoms with Gasteiger partial charge in [0, 0.05) is 33.2 Å². The first kappa shape index (κ1) is 22.2. The molecular formula is C18H22N2O9. The fraction of sp³-hybridized carbons (Fsp3) is 0.500. The van der Waals surface area contributed by atoms with Gasteiger partial charge < -0.3 is 29.4 Å². The number of aromatic nitrogens is 1. The second-order valence-electron chi connectivity index (χ2n) is 6.26. The fourth-order valence-corrected chi connectivity index (χ4v) is 2.80. The van der Waals surface area contributed by atoms with E-state index in [0.717, 1.165) is 13.8 Å². The molecule has 0 spiro atoms. The third kappa shape index (κ3) is 6.22. The highest BCUT2D eigenvalue weighted by molar-refractivity contribution is 5.94. The van der Waals surface area contributed by atoms with Crippen LogP contribution in [-0.2, 0) is 33.3 Å². The van der Waals surface area contributed by atoms with Gasteiger partial charge in [0.05, 0.1) is 5.56 Å². The summed E-state index contributed by atoms with van der Waals surface area (Å²) >= 11 is 0. The summed E-state index contributed by atoms with van der Waals surface area (Å²) in [5, 5.41) is 12.9. The molecule has 1 aromatic rings. The Morgan fingerprint density at radius 3 is 2.31 bits per heavy atom. The first-order valence-corrected chi connectivity index (χ1v) is 8.71. The molecule has 1 aliphatic rings. The first-order chi connectivity index (χ1) is 13.7. The number of nitrogens with one attached hydrogen (secondary N) is 1. The Morgan fingerprint density at radius 1 is 1.10 bits per heavy atom.